The molecule has 0 aliphatic heterocycles. The lowest BCUT2D eigenvalue weighted by molar-refractivity contribution is -0.144. The van der Waals surface area contributed by atoms with Gasteiger partial charge < -0.3 is 19.9 Å². The Balaban J connectivity index is 2.32. The molecule has 0 heterocycles. The minimum Gasteiger partial charge on any atom is -0.493 e. The number of rotatable bonds is 10. The maximum absolute atomic E-state index is 12.5. The van der Waals surface area contributed by atoms with Gasteiger partial charge in [-0.3, -0.25) is 4.79 Å². The predicted molar refractivity (Wildman–Crippen MR) is 113 cm³/mol. The van der Waals surface area contributed by atoms with E-state index in [9.17, 15) is 4.79 Å². The summed E-state index contributed by atoms with van der Waals surface area (Å²) in [5.74, 6) is 5.25. The first-order valence-corrected chi connectivity index (χ1v) is 9.21. The Labute approximate surface area is 176 Å². The van der Waals surface area contributed by atoms with Gasteiger partial charge in [0.25, 0.3) is 5.91 Å². The number of nitrogens with two attached hydrogens (primary N) is 1. The number of benzene rings is 2. The topological polar surface area (TPSA) is 70.8 Å². The Morgan fingerprint density at radius 3 is 2.38 bits per heavy atom. The third-order valence-electron chi connectivity index (χ3n) is 4.42. The zero-order valence-electron chi connectivity index (χ0n) is 16.1. The van der Waals surface area contributed by atoms with E-state index >= 15 is 0 Å². The summed E-state index contributed by atoms with van der Waals surface area (Å²) in [6.07, 6.45) is 11.3. The summed E-state index contributed by atoms with van der Waals surface area (Å²) in [4.78, 5) is 12.5. The number of amides is 1. The average molecular weight is 412 g/mol. The molecule has 6 heteroatoms. The van der Waals surface area contributed by atoms with Crippen molar-refractivity contribution in [2.45, 2.75) is 18.4 Å². The van der Waals surface area contributed by atoms with Crippen molar-refractivity contribution < 1.29 is 19.0 Å². The number of hydrogen-bond donors (Lipinski definition) is 1. The zero-order chi connectivity index (χ0) is 21.3. The Morgan fingerprint density at radius 1 is 1.10 bits per heavy atom. The highest BCUT2D eigenvalue weighted by Crippen LogP contribution is 2.34. The van der Waals surface area contributed by atoms with Crippen LogP contribution in [0.15, 0.2) is 42.5 Å². The molecule has 0 aromatic heterocycles. The Bertz CT molecular complexity index is 927. The lowest BCUT2D eigenvalue weighted by Crippen LogP contribution is -2.44. The number of aryl methyl sites for hydroxylation is 1. The van der Waals surface area contributed by atoms with Crippen molar-refractivity contribution in [2.75, 3.05) is 20.3 Å². The van der Waals surface area contributed by atoms with Crippen molar-refractivity contribution in [1.29, 1.82) is 0 Å². The van der Waals surface area contributed by atoms with Crippen molar-refractivity contribution in [2.24, 2.45) is 5.73 Å². The molecule has 2 rings (SSSR count). The first-order valence-electron chi connectivity index (χ1n) is 8.83. The summed E-state index contributed by atoms with van der Waals surface area (Å²) in [5.41, 5.74) is 5.86. The molecule has 2 aromatic carbocycles. The molecule has 0 fully saturated rings. The van der Waals surface area contributed by atoms with Crippen molar-refractivity contribution >= 4 is 17.5 Å². The molecule has 0 bridgehead atoms. The van der Waals surface area contributed by atoms with E-state index in [1.165, 1.54) is 0 Å². The summed E-state index contributed by atoms with van der Waals surface area (Å²) < 4.78 is 16.6. The highest BCUT2D eigenvalue weighted by atomic mass is 35.5. The van der Waals surface area contributed by atoms with Gasteiger partial charge in [0.05, 0.1) is 7.11 Å². The fourth-order valence-electron chi connectivity index (χ4n) is 2.95. The average Bonchev–Trinajstić information content (AvgIpc) is 2.73. The van der Waals surface area contributed by atoms with Crippen LogP contribution in [0.25, 0.3) is 0 Å². The second-order valence-electron chi connectivity index (χ2n) is 6.17. The summed E-state index contributed by atoms with van der Waals surface area (Å²) in [7, 11) is 1.54. The molecule has 150 valence electrons. The van der Waals surface area contributed by atoms with Crippen molar-refractivity contribution in [1.82, 2.24) is 0 Å². The Morgan fingerprint density at radius 2 is 1.79 bits per heavy atom. The lowest BCUT2D eigenvalue weighted by atomic mass is 9.86. The van der Waals surface area contributed by atoms with Gasteiger partial charge in [0.1, 0.15) is 13.2 Å². The minimum absolute atomic E-state index is 0.0618. The van der Waals surface area contributed by atoms with Crippen LogP contribution in [0.4, 0.5) is 0 Å². The van der Waals surface area contributed by atoms with Gasteiger partial charge in [-0.1, -0.05) is 41.6 Å². The van der Waals surface area contributed by atoms with Crippen LogP contribution in [0, 0.1) is 24.7 Å². The molecule has 29 heavy (non-hydrogen) atoms. The number of carbonyl (C=O) groups excluding carboxylic acids is 1. The summed E-state index contributed by atoms with van der Waals surface area (Å²) in [6.45, 7) is 0.0741. The van der Waals surface area contributed by atoms with Gasteiger partial charge in [-0.2, -0.15) is 0 Å². The number of hydrogen-bond acceptors (Lipinski definition) is 4. The predicted octanol–water partition coefficient (Wildman–Crippen LogP) is 3.32. The minimum atomic E-state index is -1.39. The number of halogens is 1. The quantitative estimate of drug-likeness (QED) is 0.609. The molecule has 1 atom stereocenters. The maximum atomic E-state index is 12.5. The third-order valence-corrected chi connectivity index (χ3v) is 4.67. The van der Waals surface area contributed by atoms with E-state index in [0.717, 1.165) is 5.56 Å². The molecule has 0 aliphatic carbocycles. The van der Waals surface area contributed by atoms with Gasteiger partial charge in [0.2, 0.25) is 0 Å². The van der Waals surface area contributed by atoms with Gasteiger partial charge in [0.15, 0.2) is 17.1 Å². The highest BCUT2D eigenvalue weighted by Gasteiger charge is 2.39. The van der Waals surface area contributed by atoms with Crippen LogP contribution in [0.1, 0.15) is 17.5 Å². The molecule has 2 aromatic rings. The first-order chi connectivity index (χ1) is 14.0. The third kappa shape index (κ3) is 5.45. The van der Waals surface area contributed by atoms with Crippen molar-refractivity contribution in [3.63, 3.8) is 0 Å². The lowest BCUT2D eigenvalue weighted by Gasteiger charge is -2.31. The van der Waals surface area contributed by atoms with Crippen LogP contribution in [0.2, 0.25) is 5.02 Å². The van der Waals surface area contributed by atoms with Crippen LogP contribution in [-0.2, 0) is 21.6 Å². The molecule has 1 amide bonds. The maximum Gasteiger partial charge on any atom is 0.254 e. The van der Waals surface area contributed by atoms with Gasteiger partial charge in [-0.25, -0.2) is 0 Å². The van der Waals surface area contributed by atoms with Crippen LogP contribution in [0.3, 0.4) is 0 Å². The van der Waals surface area contributed by atoms with E-state index in [-0.39, 0.29) is 19.6 Å². The zero-order valence-corrected chi connectivity index (χ0v) is 16.9. The smallest absolute Gasteiger partial charge is 0.254 e. The molecule has 1 unspecified atom stereocenters. The van der Waals surface area contributed by atoms with Gasteiger partial charge >= 0.3 is 0 Å². The summed E-state index contributed by atoms with van der Waals surface area (Å²) in [5, 5.41) is 0.538. The standard InChI is InChI=1S/C23H22ClNO4/c1-4-14-28-20-11-6-17(16-21(20)27-3)12-13-23(22(25)26,29-15-5-2)18-7-9-19(24)10-8-18/h1-2,6-11,16H,12-15H2,3H3,(H2,25,26). The number of methoxy groups -OCH3 is 1. The number of primary amides is 1. The Hall–Kier alpha value is -3.12. The Kier molecular flexibility index (Phi) is 7.98. The van der Waals surface area contributed by atoms with Crippen LogP contribution >= 0.6 is 11.6 Å². The molecule has 0 aliphatic rings. The normalized spacial score (nSPS) is 12.3. The SMILES string of the molecule is C#CCOc1ccc(CCC(OCC#C)(C(N)=O)c2ccc(Cl)cc2)cc1OC. The summed E-state index contributed by atoms with van der Waals surface area (Å²) in [6, 6.07) is 12.2. The molecule has 0 spiro atoms. The summed E-state index contributed by atoms with van der Waals surface area (Å²) >= 11 is 5.98. The van der Waals surface area contributed by atoms with E-state index in [0.29, 0.717) is 28.5 Å². The van der Waals surface area contributed by atoms with E-state index in [1.54, 1.807) is 37.4 Å². The highest BCUT2D eigenvalue weighted by molar-refractivity contribution is 6.30. The number of terminal acetylenes is 2. The largest absolute Gasteiger partial charge is 0.493 e. The van der Waals surface area contributed by atoms with Crippen LogP contribution < -0.4 is 15.2 Å². The molecule has 0 radical (unpaired) electrons. The molecular formula is C23H22ClNO4. The van der Waals surface area contributed by atoms with Crippen molar-refractivity contribution in [3.8, 4) is 36.2 Å². The second kappa shape index (κ2) is 10.4. The molecule has 0 saturated heterocycles. The monoisotopic (exact) mass is 411 g/mol. The van der Waals surface area contributed by atoms with Crippen molar-refractivity contribution in [3.05, 3.63) is 58.6 Å². The van der Waals surface area contributed by atoms with Crippen LogP contribution in [0.5, 0.6) is 11.5 Å². The van der Waals surface area contributed by atoms with Gasteiger partial charge in [-0.05, 0) is 48.2 Å². The second-order valence-corrected chi connectivity index (χ2v) is 6.61. The number of carbonyl (C=O) groups is 1. The van der Waals surface area contributed by atoms with E-state index in [2.05, 4.69) is 11.8 Å². The van der Waals surface area contributed by atoms with E-state index < -0.39 is 11.5 Å². The molecule has 0 saturated carbocycles. The molecular weight excluding hydrogens is 390 g/mol. The number of ether oxygens (including phenoxy) is 3. The van der Waals surface area contributed by atoms with Gasteiger partial charge in [-0.15, -0.1) is 12.8 Å². The molecule has 2 N–H and O–H groups in total. The fourth-order valence-corrected chi connectivity index (χ4v) is 3.07. The fraction of sp³-hybridized carbons (Fsp3) is 0.261. The molecule has 5 nitrogen and oxygen atoms in total. The first kappa shape index (κ1) is 22.2. The van der Waals surface area contributed by atoms with Crippen LogP contribution in [-0.4, -0.2) is 26.2 Å². The van der Waals surface area contributed by atoms with Gasteiger partial charge in [0, 0.05) is 5.02 Å². The van der Waals surface area contributed by atoms with E-state index in [1.807, 2.05) is 12.1 Å². The van der Waals surface area contributed by atoms with E-state index in [4.69, 9.17) is 44.4 Å².